The first-order valence-corrected chi connectivity index (χ1v) is 11.4. The van der Waals surface area contributed by atoms with Crippen LogP contribution in [0.2, 0.25) is 0 Å². The summed E-state index contributed by atoms with van der Waals surface area (Å²) in [6.07, 6.45) is 5.91. The third-order valence-electron chi connectivity index (χ3n) is 6.34. The molecule has 2 aromatic rings. The standard InChI is InChI=1S/C24H38N6O.HI/c1-6-13-24(3)14-7-16-30(18-24)23(26-17-22-28-27-19(2)29(22)4)25-15-12-20-8-10-21(31-5)11-9-20;/h8-11H,6-7,12-18H2,1-5H3,(H,25,26);1H. The van der Waals surface area contributed by atoms with E-state index in [0.717, 1.165) is 49.4 Å². The van der Waals surface area contributed by atoms with Gasteiger partial charge in [0.05, 0.1) is 7.11 Å². The summed E-state index contributed by atoms with van der Waals surface area (Å²) in [7, 11) is 3.69. The summed E-state index contributed by atoms with van der Waals surface area (Å²) in [5, 5.41) is 12.1. The lowest BCUT2D eigenvalue weighted by atomic mass is 9.78. The topological polar surface area (TPSA) is 67.6 Å². The lowest BCUT2D eigenvalue weighted by Crippen LogP contribution is -2.50. The van der Waals surface area contributed by atoms with Crippen LogP contribution in [-0.2, 0) is 20.0 Å². The highest BCUT2D eigenvalue weighted by Gasteiger charge is 2.31. The second kappa shape index (κ2) is 12.4. The van der Waals surface area contributed by atoms with Gasteiger partial charge in [-0.3, -0.25) is 0 Å². The summed E-state index contributed by atoms with van der Waals surface area (Å²) in [5.74, 6) is 3.67. The Labute approximate surface area is 210 Å². The smallest absolute Gasteiger partial charge is 0.194 e. The van der Waals surface area contributed by atoms with Crippen molar-refractivity contribution in [2.24, 2.45) is 17.5 Å². The number of guanidine groups is 1. The van der Waals surface area contributed by atoms with Crippen molar-refractivity contribution in [3.8, 4) is 5.75 Å². The first-order valence-electron chi connectivity index (χ1n) is 11.4. The number of piperidine rings is 1. The zero-order valence-corrected chi connectivity index (χ0v) is 22.6. The number of rotatable bonds is 8. The summed E-state index contributed by atoms with van der Waals surface area (Å²) in [4.78, 5) is 7.41. The van der Waals surface area contributed by atoms with Gasteiger partial charge in [-0.05, 0) is 55.7 Å². The highest BCUT2D eigenvalue weighted by Crippen LogP contribution is 2.34. The van der Waals surface area contributed by atoms with Crippen LogP contribution >= 0.6 is 24.0 Å². The Morgan fingerprint density at radius 1 is 1.25 bits per heavy atom. The number of benzene rings is 1. The van der Waals surface area contributed by atoms with E-state index in [1.807, 2.05) is 30.7 Å². The summed E-state index contributed by atoms with van der Waals surface area (Å²) >= 11 is 0. The van der Waals surface area contributed by atoms with E-state index in [0.29, 0.717) is 12.0 Å². The first kappa shape index (κ1) is 26.4. The maximum atomic E-state index is 5.26. The third-order valence-corrected chi connectivity index (χ3v) is 6.34. The molecule has 0 bridgehead atoms. The molecule has 32 heavy (non-hydrogen) atoms. The van der Waals surface area contributed by atoms with Gasteiger partial charge >= 0.3 is 0 Å². The number of halogens is 1. The zero-order chi connectivity index (χ0) is 22.3. The highest BCUT2D eigenvalue weighted by atomic mass is 127. The van der Waals surface area contributed by atoms with Gasteiger partial charge in [-0.25, -0.2) is 4.99 Å². The van der Waals surface area contributed by atoms with Crippen LogP contribution in [0.25, 0.3) is 0 Å². The Kier molecular flexibility index (Phi) is 10.2. The minimum atomic E-state index is 0. The van der Waals surface area contributed by atoms with E-state index >= 15 is 0 Å². The summed E-state index contributed by atoms with van der Waals surface area (Å²) in [5.41, 5.74) is 1.64. The maximum absolute atomic E-state index is 5.26. The average molecular weight is 555 g/mol. The van der Waals surface area contributed by atoms with Gasteiger partial charge in [0.1, 0.15) is 18.1 Å². The molecule has 0 aliphatic carbocycles. The van der Waals surface area contributed by atoms with Crippen molar-refractivity contribution in [1.82, 2.24) is 25.0 Å². The Morgan fingerprint density at radius 2 is 2.00 bits per heavy atom. The van der Waals surface area contributed by atoms with Crippen molar-refractivity contribution >= 4 is 29.9 Å². The molecule has 1 aliphatic rings. The highest BCUT2D eigenvalue weighted by molar-refractivity contribution is 14.0. The molecule has 1 fully saturated rings. The van der Waals surface area contributed by atoms with Crippen molar-refractivity contribution in [3.05, 3.63) is 41.5 Å². The fraction of sp³-hybridized carbons (Fsp3) is 0.625. The van der Waals surface area contributed by atoms with Crippen LogP contribution in [0, 0.1) is 12.3 Å². The van der Waals surface area contributed by atoms with Crippen molar-refractivity contribution < 1.29 is 4.74 Å². The van der Waals surface area contributed by atoms with Gasteiger partial charge < -0.3 is 19.5 Å². The van der Waals surface area contributed by atoms with Gasteiger partial charge in [0.2, 0.25) is 0 Å². The van der Waals surface area contributed by atoms with Crippen molar-refractivity contribution in [3.63, 3.8) is 0 Å². The minimum Gasteiger partial charge on any atom is -0.497 e. The molecule has 0 spiro atoms. The lowest BCUT2D eigenvalue weighted by Gasteiger charge is -2.42. The van der Waals surface area contributed by atoms with Gasteiger partial charge in [-0.1, -0.05) is 32.4 Å². The number of aromatic nitrogens is 3. The van der Waals surface area contributed by atoms with Crippen molar-refractivity contribution in [1.29, 1.82) is 0 Å². The largest absolute Gasteiger partial charge is 0.497 e. The molecule has 1 aromatic carbocycles. The molecule has 0 radical (unpaired) electrons. The molecule has 2 heterocycles. The van der Waals surface area contributed by atoms with Crippen LogP contribution in [0.4, 0.5) is 0 Å². The van der Waals surface area contributed by atoms with Crippen molar-refractivity contribution in [2.75, 3.05) is 26.7 Å². The normalized spacial score (nSPS) is 18.9. The van der Waals surface area contributed by atoms with E-state index in [4.69, 9.17) is 9.73 Å². The molecule has 1 unspecified atom stereocenters. The molecule has 3 rings (SSSR count). The molecule has 1 aromatic heterocycles. The van der Waals surface area contributed by atoms with E-state index in [2.05, 4.69) is 46.4 Å². The van der Waals surface area contributed by atoms with Crippen LogP contribution in [0.1, 0.15) is 56.7 Å². The molecule has 178 valence electrons. The molecule has 1 aliphatic heterocycles. The Bertz CT molecular complexity index is 862. The molecular formula is C24H39IN6O. The van der Waals surface area contributed by atoms with E-state index in [-0.39, 0.29) is 24.0 Å². The van der Waals surface area contributed by atoms with Crippen molar-refractivity contribution in [2.45, 2.75) is 59.4 Å². The van der Waals surface area contributed by atoms with Crippen LogP contribution in [0.15, 0.2) is 29.3 Å². The number of hydrogen-bond acceptors (Lipinski definition) is 4. The van der Waals surface area contributed by atoms with Crippen LogP contribution < -0.4 is 10.1 Å². The molecule has 7 nitrogen and oxygen atoms in total. The second-order valence-electron chi connectivity index (χ2n) is 8.97. The Morgan fingerprint density at radius 3 is 2.62 bits per heavy atom. The number of nitrogens with zero attached hydrogens (tertiary/aromatic N) is 5. The Balaban J connectivity index is 0.00000363. The number of nitrogens with one attached hydrogen (secondary N) is 1. The predicted octanol–water partition coefficient (Wildman–Crippen LogP) is 4.34. The van der Waals surface area contributed by atoms with Gasteiger partial charge in [0.15, 0.2) is 11.8 Å². The molecule has 1 saturated heterocycles. The molecular weight excluding hydrogens is 515 g/mol. The predicted molar refractivity (Wildman–Crippen MR) is 141 cm³/mol. The number of methoxy groups -OCH3 is 1. The summed E-state index contributed by atoms with van der Waals surface area (Å²) in [6.45, 7) is 10.1. The number of likely N-dealkylation sites (tertiary alicyclic amines) is 1. The fourth-order valence-electron chi connectivity index (χ4n) is 4.42. The van der Waals surface area contributed by atoms with Crippen LogP contribution in [0.3, 0.4) is 0 Å². The molecule has 8 heteroatoms. The van der Waals surface area contributed by atoms with Gasteiger partial charge in [0, 0.05) is 26.7 Å². The SMILES string of the molecule is CCCC1(C)CCCN(C(=NCc2nnc(C)n2C)NCCc2ccc(OC)cc2)C1.I. The first-order chi connectivity index (χ1) is 14.9. The van der Waals surface area contributed by atoms with Gasteiger partial charge in [-0.2, -0.15) is 0 Å². The van der Waals surface area contributed by atoms with E-state index in [1.54, 1.807) is 7.11 Å². The van der Waals surface area contributed by atoms with Crippen LogP contribution in [-0.4, -0.2) is 52.4 Å². The average Bonchev–Trinajstić information content (AvgIpc) is 3.08. The maximum Gasteiger partial charge on any atom is 0.194 e. The molecule has 0 saturated carbocycles. The number of aryl methyl sites for hydroxylation is 1. The van der Waals surface area contributed by atoms with Gasteiger partial charge in [-0.15, -0.1) is 34.2 Å². The minimum absolute atomic E-state index is 0. The van der Waals surface area contributed by atoms with E-state index in [9.17, 15) is 0 Å². The monoisotopic (exact) mass is 554 g/mol. The Hall–Kier alpha value is -1.84. The summed E-state index contributed by atoms with van der Waals surface area (Å²) < 4.78 is 7.27. The zero-order valence-electron chi connectivity index (χ0n) is 20.2. The second-order valence-corrected chi connectivity index (χ2v) is 8.97. The fourth-order valence-corrected chi connectivity index (χ4v) is 4.42. The van der Waals surface area contributed by atoms with Gasteiger partial charge in [0.25, 0.3) is 0 Å². The van der Waals surface area contributed by atoms with E-state index in [1.165, 1.54) is 31.2 Å². The van der Waals surface area contributed by atoms with E-state index < -0.39 is 0 Å². The molecule has 0 amide bonds. The third kappa shape index (κ3) is 7.08. The molecule has 1 atom stereocenters. The summed E-state index contributed by atoms with van der Waals surface area (Å²) in [6, 6.07) is 8.28. The molecule has 1 N–H and O–H groups in total. The lowest BCUT2D eigenvalue weighted by molar-refractivity contribution is 0.142. The number of aliphatic imine (C=N–C) groups is 1. The van der Waals surface area contributed by atoms with Crippen LogP contribution in [0.5, 0.6) is 5.75 Å². The quantitative estimate of drug-likeness (QED) is 0.299. The number of hydrogen-bond donors (Lipinski definition) is 1. The number of ether oxygens (including phenoxy) is 1.